The minimum atomic E-state index is -0.778. The lowest BCUT2D eigenvalue weighted by Crippen LogP contribution is -2.24. The van der Waals surface area contributed by atoms with Gasteiger partial charge in [0.2, 0.25) is 0 Å². The molecule has 0 atom stereocenters. The Balaban J connectivity index is 2.09. The summed E-state index contributed by atoms with van der Waals surface area (Å²) in [6.45, 7) is 0.0850. The molecule has 0 unspecified atom stereocenters. The Morgan fingerprint density at radius 1 is 1.23 bits per heavy atom. The number of urea groups is 1. The summed E-state index contributed by atoms with van der Waals surface area (Å²) in [4.78, 5) is 10.6. The number of hydrogen-bond donors (Lipinski definition) is 2. The first-order chi connectivity index (χ1) is 10.5. The van der Waals surface area contributed by atoms with E-state index in [1.807, 2.05) is 0 Å². The molecule has 0 aliphatic heterocycles. The zero-order valence-electron chi connectivity index (χ0n) is 11.4. The van der Waals surface area contributed by atoms with Gasteiger partial charge in [-0.15, -0.1) is 0 Å². The van der Waals surface area contributed by atoms with Crippen LogP contribution in [-0.2, 0) is 6.61 Å². The molecular weight excluding hydrogens is 292 g/mol. The Morgan fingerprint density at radius 3 is 2.59 bits per heavy atom. The highest BCUT2D eigenvalue weighted by Crippen LogP contribution is 2.17. The van der Waals surface area contributed by atoms with Gasteiger partial charge < -0.3 is 10.5 Å². The lowest BCUT2D eigenvalue weighted by Gasteiger charge is -2.09. The minimum Gasteiger partial charge on any atom is -0.489 e. The fourth-order valence-electron chi connectivity index (χ4n) is 1.73. The third kappa shape index (κ3) is 4.55. The summed E-state index contributed by atoms with van der Waals surface area (Å²) in [6, 6.07) is 9.24. The Hall–Kier alpha value is -2.96. The van der Waals surface area contributed by atoms with Gasteiger partial charge in [-0.05, 0) is 5.56 Å². The van der Waals surface area contributed by atoms with E-state index in [1.54, 1.807) is 24.3 Å². The summed E-state index contributed by atoms with van der Waals surface area (Å²) in [5, 5.41) is 3.66. The number of hydrazone groups is 1. The van der Waals surface area contributed by atoms with Gasteiger partial charge in [0.15, 0.2) is 0 Å². The van der Waals surface area contributed by atoms with Gasteiger partial charge in [-0.25, -0.2) is 19.0 Å². The van der Waals surface area contributed by atoms with Crippen LogP contribution in [0.15, 0.2) is 47.6 Å². The average molecular weight is 305 g/mol. The van der Waals surface area contributed by atoms with Crippen molar-refractivity contribution in [3.05, 3.63) is 65.2 Å². The van der Waals surface area contributed by atoms with Crippen molar-refractivity contribution in [1.82, 2.24) is 5.43 Å². The van der Waals surface area contributed by atoms with Gasteiger partial charge in [-0.2, -0.15) is 5.10 Å². The molecule has 2 rings (SSSR count). The van der Waals surface area contributed by atoms with Crippen LogP contribution < -0.4 is 15.9 Å². The Kier molecular flexibility index (Phi) is 5.02. The van der Waals surface area contributed by atoms with Crippen LogP contribution in [0, 0.1) is 11.6 Å². The fraction of sp³-hybridized carbons (Fsp3) is 0.0667. The van der Waals surface area contributed by atoms with Crippen molar-refractivity contribution in [2.45, 2.75) is 6.61 Å². The molecule has 2 amide bonds. The molecule has 0 radical (unpaired) electrons. The van der Waals surface area contributed by atoms with Crippen molar-refractivity contribution in [3.63, 3.8) is 0 Å². The molecule has 2 aromatic rings. The number of nitrogens with one attached hydrogen (secondary N) is 1. The highest BCUT2D eigenvalue weighted by molar-refractivity contribution is 5.83. The number of hydrogen-bond acceptors (Lipinski definition) is 3. The van der Waals surface area contributed by atoms with Crippen molar-refractivity contribution < 1.29 is 18.3 Å². The Labute approximate surface area is 125 Å². The van der Waals surface area contributed by atoms with E-state index >= 15 is 0 Å². The second-order valence-electron chi connectivity index (χ2n) is 4.33. The third-order valence-corrected chi connectivity index (χ3v) is 2.66. The molecule has 3 N–H and O–H groups in total. The standard InChI is InChI=1S/C15H13F2N3O2/c16-12-5-13(17)7-14(6-12)22-9-11-4-2-1-3-10(11)8-19-20-15(18)21/h1-8H,9H2,(H3,18,20,21). The van der Waals surface area contributed by atoms with E-state index < -0.39 is 17.7 Å². The quantitative estimate of drug-likeness (QED) is 0.658. The second kappa shape index (κ2) is 7.16. The maximum absolute atomic E-state index is 13.1. The monoisotopic (exact) mass is 305 g/mol. The number of nitrogens with two attached hydrogens (primary N) is 1. The van der Waals surface area contributed by atoms with Crippen LogP contribution >= 0.6 is 0 Å². The molecule has 5 nitrogen and oxygen atoms in total. The number of halogens is 2. The van der Waals surface area contributed by atoms with Gasteiger partial charge in [-0.3, -0.25) is 0 Å². The first-order valence-electron chi connectivity index (χ1n) is 6.30. The van der Waals surface area contributed by atoms with Gasteiger partial charge >= 0.3 is 6.03 Å². The zero-order chi connectivity index (χ0) is 15.9. The molecule has 0 saturated carbocycles. The molecule has 2 aromatic carbocycles. The van der Waals surface area contributed by atoms with Crippen LogP contribution in [0.25, 0.3) is 0 Å². The van der Waals surface area contributed by atoms with E-state index in [1.165, 1.54) is 6.21 Å². The molecule has 0 aliphatic carbocycles. The van der Waals surface area contributed by atoms with Crippen molar-refractivity contribution in [1.29, 1.82) is 0 Å². The maximum atomic E-state index is 13.1. The molecule has 0 fully saturated rings. The molecule has 7 heteroatoms. The van der Waals surface area contributed by atoms with Gasteiger partial charge in [0.25, 0.3) is 0 Å². The molecule has 0 heterocycles. The van der Waals surface area contributed by atoms with Crippen LogP contribution in [0.3, 0.4) is 0 Å². The van der Waals surface area contributed by atoms with Crippen molar-refractivity contribution in [2.24, 2.45) is 10.8 Å². The number of carbonyl (C=O) groups is 1. The lowest BCUT2D eigenvalue weighted by atomic mass is 10.1. The minimum absolute atomic E-state index is 0.0829. The number of ether oxygens (including phenoxy) is 1. The van der Waals surface area contributed by atoms with E-state index in [0.29, 0.717) is 5.56 Å². The maximum Gasteiger partial charge on any atom is 0.332 e. The predicted octanol–water partition coefficient (Wildman–Crippen LogP) is 2.55. The summed E-state index contributed by atoms with van der Waals surface area (Å²) in [6.07, 6.45) is 1.40. The smallest absolute Gasteiger partial charge is 0.332 e. The Bertz CT molecular complexity index is 685. The largest absolute Gasteiger partial charge is 0.489 e. The molecule has 0 saturated heterocycles. The third-order valence-electron chi connectivity index (χ3n) is 2.66. The van der Waals surface area contributed by atoms with Crippen molar-refractivity contribution in [3.8, 4) is 5.75 Å². The number of benzene rings is 2. The van der Waals surface area contributed by atoms with Crippen LogP contribution in [0.2, 0.25) is 0 Å². The predicted molar refractivity (Wildman–Crippen MR) is 77.4 cm³/mol. The molecule has 0 spiro atoms. The second-order valence-corrected chi connectivity index (χ2v) is 4.33. The van der Waals surface area contributed by atoms with Gasteiger partial charge in [0.05, 0.1) is 6.21 Å². The highest BCUT2D eigenvalue weighted by atomic mass is 19.1. The topological polar surface area (TPSA) is 76.7 Å². The summed E-state index contributed by atoms with van der Waals surface area (Å²) in [7, 11) is 0. The summed E-state index contributed by atoms with van der Waals surface area (Å²) in [5.74, 6) is -1.34. The molecule has 0 aliphatic rings. The molecule has 22 heavy (non-hydrogen) atoms. The van der Waals surface area contributed by atoms with E-state index in [4.69, 9.17) is 10.5 Å². The number of primary amides is 1. The summed E-state index contributed by atoms with van der Waals surface area (Å²) < 4.78 is 31.5. The average Bonchev–Trinajstić information content (AvgIpc) is 2.45. The normalized spacial score (nSPS) is 10.6. The zero-order valence-corrected chi connectivity index (χ0v) is 11.4. The molecule has 0 bridgehead atoms. The van der Waals surface area contributed by atoms with Crippen molar-refractivity contribution in [2.75, 3.05) is 0 Å². The van der Waals surface area contributed by atoms with Gasteiger partial charge in [-0.1, -0.05) is 24.3 Å². The molecule has 114 valence electrons. The van der Waals surface area contributed by atoms with Crippen LogP contribution in [0.5, 0.6) is 5.75 Å². The Morgan fingerprint density at radius 2 is 1.91 bits per heavy atom. The van der Waals surface area contributed by atoms with E-state index in [-0.39, 0.29) is 12.4 Å². The number of nitrogens with zero attached hydrogens (tertiary/aromatic N) is 1. The summed E-state index contributed by atoms with van der Waals surface area (Å²) >= 11 is 0. The molecule has 0 aromatic heterocycles. The number of carbonyl (C=O) groups excluding carboxylic acids is 1. The van der Waals surface area contributed by atoms with Crippen LogP contribution in [0.4, 0.5) is 13.6 Å². The van der Waals surface area contributed by atoms with E-state index in [0.717, 1.165) is 23.8 Å². The highest BCUT2D eigenvalue weighted by Gasteiger charge is 2.04. The number of amides is 2. The number of rotatable bonds is 5. The lowest BCUT2D eigenvalue weighted by molar-refractivity contribution is 0.249. The molecular formula is C15H13F2N3O2. The van der Waals surface area contributed by atoms with Crippen LogP contribution in [0.1, 0.15) is 11.1 Å². The van der Waals surface area contributed by atoms with Crippen molar-refractivity contribution >= 4 is 12.2 Å². The SMILES string of the molecule is NC(=O)NN=Cc1ccccc1COc1cc(F)cc(F)c1. The first kappa shape index (κ1) is 15.4. The van der Waals surface area contributed by atoms with Gasteiger partial charge in [0.1, 0.15) is 24.0 Å². The van der Waals surface area contributed by atoms with Gasteiger partial charge in [0, 0.05) is 23.8 Å². The fourth-order valence-corrected chi connectivity index (χ4v) is 1.73. The summed E-state index contributed by atoms with van der Waals surface area (Å²) in [5.41, 5.74) is 8.37. The van der Waals surface area contributed by atoms with E-state index in [2.05, 4.69) is 10.5 Å². The first-order valence-corrected chi connectivity index (χ1v) is 6.30. The van der Waals surface area contributed by atoms with Crippen LogP contribution in [-0.4, -0.2) is 12.2 Å². The van der Waals surface area contributed by atoms with E-state index in [9.17, 15) is 13.6 Å².